The number of thiazole rings is 1. The van der Waals surface area contributed by atoms with Crippen LogP contribution in [0.5, 0.6) is 5.75 Å². The predicted molar refractivity (Wildman–Crippen MR) is 129 cm³/mol. The van der Waals surface area contributed by atoms with Crippen LogP contribution >= 0.6 is 11.3 Å². The molecule has 9 heteroatoms. The molecule has 3 rings (SSSR count). The van der Waals surface area contributed by atoms with Crippen molar-refractivity contribution in [3.8, 4) is 5.75 Å². The number of rotatable bonds is 11. The molecule has 0 saturated heterocycles. The van der Waals surface area contributed by atoms with Gasteiger partial charge in [-0.25, -0.2) is 4.98 Å². The van der Waals surface area contributed by atoms with Crippen molar-refractivity contribution >= 4 is 27.3 Å². The Balaban J connectivity index is 1.75. The van der Waals surface area contributed by atoms with Crippen molar-refractivity contribution < 1.29 is 17.7 Å². The number of benzene rings is 2. The smallest absolute Gasteiger partial charge is 0.357 e. The van der Waals surface area contributed by atoms with E-state index in [9.17, 15) is 8.42 Å². The Morgan fingerprint density at radius 2 is 1.94 bits per heavy atom. The maximum atomic E-state index is 11.0. The quantitative estimate of drug-likeness (QED) is 0.358. The molecule has 0 amide bonds. The van der Waals surface area contributed by atoms with Crippen molar-refractivity contribution in [2.24, 2.45) is 5.73 Å². The molecule has 0 bridgehead atoms. The minimum atomic E-state index is -4.30. The Morgan fingerprint density at radius 1 is 1.19 bits per heavy atom. The summed E-state index contributed by atoms with van der Waals surface area (Å²) in [6.07, 6.45) is 3.18. The predicted octanol–water partition coefficient (Wildman–Crippen LogP) is 4.22. The molecule has 2 atom stereocenters. The molecular formula is C23H29N3O4S2. The standard InChI is InChI=1S/C23H29N3O4S2/c1-3-18-15-31-23(25-18)21(14-17-7-10-19(11-8-17)26-32(27,28)29)22(24)12-9-16-5-4-6-20(13-16)30-2/h4-8,10-11,13,15,21-22,26H,3,9,12,14,24H2,1-2H3,(H,27,28,29)/t21-,22-/m0/s1. The third-order valence-electron chi connectivity index (χ3n) is 5.32. The van der Waals surface area contributed by atoms with E-state index in [2.05, 4.69) is 23.1 Å². The Kier molecular flexibility index (Phi) is 8.25. The highest BCUT2D eigenvalue weighted by molar-refractivity contribution is 7.87. The number of nitrogens with one attached hydrogen (secondary N) is 1. The first kappa shape index (κ1) is 24.2. The molecule has 32 heavy (non-hydrogen) atoms. The lowest BCUT2D eigenvalue weighted by molar-refractivity contribution is 0.414. The molecule has 1 aromatic heterocycles. The summed E-state index contributed by atoms with van der Waals surface area (Å²) in [6, 6.07) is 14.8. The zero-order valence-electron chi connectivity index (χ0n) is 18.2. The summed E-state index contributed by atoms with van der Waals surface area (Å²) >= 11 is 1.63. The van der Waals surface area contributed by atoms with E-state index in [0.717, 1.165) is 41.3 Å². The number of hydrogen-bond acceptors (Lipinski definition) is 6. The van der Waals surface area contributed by atoms with Crippen LogP contribution in [0.3, 0.4) is 0 Å². The van der Waals surface area contributed by atoms with E-state index in [1.807, 2.05) is 30.3 Å². The summed E-state index contributed by atoms with van der Waals surface area (Å²) in [5, 5.41) is 3.09. The van der Waals surface area contributed by atoms with E-state index in [0.29, 0.717) is 12.1 Å². The van der Waals surface area contributed by atoms with Crippen LogP contribution in [-0.4, -0.2) is 31.1 Å². The van der Waals surface area contributed by atoms with Crippen LogP contribution in [-0.2, 0) is 29.6 Å². The van der Waals surface area contributed by atoms with Gasteiger partial charge >= 0.3 is 10.3 Å². The van der Waals surface area contributed by atoms with Gasteiger partial charge in [0.1, 0.15) is 5.75 Å². The van der Waals surface area contributed by atoms with Gasteiger partial charge in [0.15, 0.2) is 0 Å². The second-order valence-electron chi connectivity index (χ2n) is 7.67. The third kappa shape index (κ3) is 7.03. The van der Waals surface area contributed by atoms with Gasteiger partial charge in [0.05, 0.1) is 23.5 Å². The van der Waals surface area contributed by atoms with Crippen LogP contribution in [0.25, 0.3) is 0 Å². The Morgan fingerprint density at radius 3 is 2.56 bits per heavy atom. The molecule has 0 aliphatic rings. The Hall–Kier alpha value is -2.46. The van der Waals surface area contributed by atoms with Crippen LogP contribution in [0.1, 0.15) is 41.1 Å². The Bertz CT molecular complexity index is 1110. The SMILES string of the molecule is CCc1csc([C@@H](Cc2ccc(NS(=O)(=O)O)cc2)[C@@H](N)CCc2cccc(OC)c2)n1. The van der Waals surface area contributed by atoms with E-state index in [-0.39, 0.29) is 12.0 Å². The first-order chi connectivity index (χ1) is 15.3. The number of nitrogens with two attached hydrogens (primary N) is 1. The van der Waals surface area contributed by atoms with Gasteiger partial charge in [-0.05, 0) is 61.1 Å². The highest BCUT2D eigenvalue weighted by Crippen LogP contribution is 2.29. The molecule has 0 aliphatic carbocycles. The van der Waals surface area contributed by atoms with Crippen molar-refractivity contribution in [2.75, 3.05) is 11.8 Å². The van der Waals surface area contributed by atoms with Gasteiger partial charge < -0.3 is 10.5 Å². The largest absolute Gasteiger partial charge is 0.497 e. The van der Waals surface area contributed by atoms with Crippen LogP contribution in [0.2, 0.25) is 0 Å². The Labute approximate surface area is 193 Å². The van der Waals surface area contributed by atoms with E-state index in [1.165, 1.54) is 5.56 Å². The van der Waals surface area contributed by atoms with Crippen LogP contribution in [0.4, 0.5) is 5.69 Å². The average molecular weight is 476 g/mol. The summed E-state index contributed by atoms with van der Waals surface area (Å²) in [6.45, 7) is 2.08. The highest BCUT2D eigenvalue weighted by atomic mass is 32.2. The van der Waals surface area contributed by atoms with Gasteiger partial charge in [0.2, 0.25) is 0 Å². The first-order valence-corrected chi connectivity index (χ1v) is 12.8. The zero-order valence-corrected chi connectivity index (χ0v) is 19.8. The summed E-state index contributed by atoms with van der Waals surface area (Å²) in [5.41, 5.74) is 10.2. The van der Waals surface area contributed by atoms with Gasteiger partial charge in [-0.15, -0.1) is 11.3 Å². The second-order valence-corrected chi connectivity index (χ2v) is 9.71. The first-order valence-electron chi connectivity index (χ1n) is 10.4. The van der Waals surface area contributed by atoms with Crippen molar-refractivity contribution in [3.05, 3.63) is 75.7 Å². The van der Waals surface area contributed by atoms with Crippen molar-refractivity contribution in [1.82, 2.24) is 4.98 Å². The monoisotopic (exact) mass is 475 g/mol. The molecular weight excluding hydrogens is 446 g/mol. The molecule has 0 saturated carbocycles. The lowest BCUT2D eigenvalue weighted by Crippen LogP contribution is -2.30. The minimum absolute atomic E-state index is 0.0336. The molecule has 7 nitrogen and oxygen atoms in total. The maximum Gasteiger partial charge on any atom is 0.357 e. The van der Waals surface area contributed by atoms with E-state index >= 15 is 0 Å². The molecule has 3 aromatic rings. The van der Waals surface area contributed by atoms with Gasteiger partial charge in [-0.3, -0.25) is 9.27 Å². The number of aryl methyl sites for hydroxylation is 2. The summed E-state index contributed by atoms with van der Waals surface area (Å²) < 4.78 is 38.3. The molecule has 0 aliphatic heterocycles. The van der Waals surface area contributed by atoms with Gasteiger partial charge in [0, 0.05) is 17.3 Å². The lowest BCUT2D eigenvalue weighted by Gasteiger charge is -2.23. The number of methoxy groups -OCH3 is 1. The summed E-state index contributed by atoms with van der Waals surface area (Å²) in [5.74, 6) is 0.866. The fourth-order valence-electron chi connectivity index (χ4n) is 3.55. The van der Waals surface area contributed by atoms with Crippen LogP contribution < -0.4 is 15.2 Å². The van der Waals surface area contributed by atoms with Crippen molar-refractivity contribution in [3.63, 3.8) is 0 Å². The molecule has 2 aromatic carbocycles. The van der Waals surface area contributed by atoms with Gasteiger partial charge in [-0.2, -0.15) is 8.42 Å². The summed E-state index contributed by atoms with van der Waals surface area (Å²) in [4.78, 5) is 4.79. The normalized spacial score (nSPS) is 13.5. The number of nitrogens with zero attached hydrogens (tertiary/aromatic N) is 1. The number of anilines is 1. The number of ether oxygens (including phenoxy) is 1. The van der Waals surface area contributed by atoms with Crippen LogP contribution in [0.15, 0.2) is 53.9 Å². The van der Waals surface area contributed by atoms with Gasteiger partial charge in [-0.1, -0.05) is 31.2 Å². The number of hydrogen-bond donors (Lipinski definition) is 3. The number of aromatic nitrogens is 1. The van der Waals surface area contributed by atoms with E-state index in [4.69, 9.17) is 20.0 Å². The minimum Gasteiger partial charge on any atom is -0.497 e. The van der Waals surface area contributed by atoms with E-state index in [1.54, 1.807) is 30.6 Å². The van der Waals surface area contributed by atoms with E-state index < -0.39 is 10.3 Å². The molecule has 0 fully saturated rings. The van der Waals surface area contributed by atoms with Crippen LogP contribution in [0, 0.1) is 0 Å². The second kappa shape index (κ2) is 10.9. The maximum absolute atomic E-state index is 11.0. The fraction of sp³-hybridized carbons (Fsp3) is 0.348. The summed E-state index contributed by atoms with van der Waals surface area (Å²) in [7, 11) is -2.64. The lowest BCUT2D eigenvalue weighted by atomic mass is 9.89. The molecule has 0 radical (unpaired) electrons. The molecule has 1 heterocycles. The molecule has 0 spiro atoms. The average Bonchev–Trinajstić information content (AvgIpc) is 3.25. The zero-order chi connectivity index (χ0) is 23.1. The van der Waals surface area contributed by atoms with Crippen molar-refractivity contribution in [1.29, 1.82) is 0 Å². The third-order valence-corrected chi connectivity index (χ3v) is 6.84. The fourth-order valence-corrected chi connectivity index (χ4v) is 5.06. The molecule has 4 N–H and O–H groups in total. The molecule has 172 valence electrons. The molecule has 0 unspecified atom stereocenters. The van der Waals surface area contributed by atoms with Crippen molar-refractivity contribution in [2.45, 2.75) is 44.6 Å². The topological polar surface area (TPSA) is 115 Å². The van der Waals surface area contributed by atoms with Gasteiger partial charge in [0.25, 0.3) is 0 Å². The highest BCUT2D eigenvalue weighted by Gasteiger charge is 2.23.